The van der Waals surface area contributed by atoms with Crippen LogP contribution in [-0.4, -0.2) is 10.2 Å². The monoisotopic (exact) mass is 208 g/mol. The summed E-state index contributed by atoms with van der Waals surface area (Å²) in [6.07, 6.45) is 0. The molecule has 0 atom stereocenters. The fourth-order valence-electron chi connectivity index (χ4n) is 1.56. The molecular weight excluding hydrogens is 196 g/mol. The van der Waals surface area contributed by atoms with Gasteiger partial charge in [0.05, 0.1) is 16.2 Å². The van der Waals surface area contributed by atoms with Gasteiger partial charge in [-0.15, -0.1) is 0 Å². The van der Waals surface area contributed by atoms with Gasteiger partial charge in [0, 0.05) is 5.39 Å². The van der Waals surface area contributed by atoms with E-state index in [9.17, 15) is 0 Å². The van der Waals surface area contributed by atoms with E-state index >= 15 is 0 Å². The van der Waals surface area contributed by atoms with Crippen LogP contribution in [-0.2, 0) is 0 Å². The zero-order chi connectivity index (χ0) is 10.3. The van der Waals surface area contributed by atoms with E-state index in [-0.39, 0.29) is 0 Å². The summed E-state index contributed by atoms with van der Waals surface area (Å²) in [6, 6.07) is 4.16. The predicted octanol–water partition coefficient (Wildman–Crippen LogP) is 3.65. The molecular formula is C11H13ClN2. The Morgan fingerprint density at radius 2 is 2.07 bits per heavy atom. The van der Waals surface area contributed by atoms with E-state index in [1.165, 1.54) is 5.56 Å². The fourth-order valence-corrected chi connectivity index (χ4v) is 1.83. The molecule has 2 aromatic rings. The second kappa shape index (κ2) is 3.28. The average molecular weight is 209 g/mol. The van der Waals surface area contributed by atoms with Gasteiger partial charge in [-0.25, -0.2) is 0 Å². The summed E-state index contributed by atoms with van der Waals surface area (Å²) in [5, 5.41) is 8.97. The van der Waals surface area contributed by atoms with Crippen LogP contribution in [0.2, 0.25) is 5.02 Å². The normalized spacial score (nSPS) is 11.5. The van der Waals surface area contributed by atoms with Gasteiger partial charge in [0.15, 0.2) is 0 Å². The molecule has 0 fully saturated rings. The molecule has 3 heteroatoms. The van der Waals surface area contributed by atoms with Gasteiger partial charge in [0.1, 0.15) is 0 Å². The summed E-state index contributed by atoms with van der Waals surface area (Å²) >= 11 is 6.15. The van der Waals surface area contributed by atoms with Gasteiger partial charge in [-0.1, -0.05) is 25.4 Å². The molecule has 0 radical (unpaired) electrons. The molecule has 0 saturated carbocycles. The van der Waals surface area contributed by atoms with E-state index in [2.05, 4.69) is 30.1 Å². The molecule has 0 unspecified atom stereocenters. The molecule has 0 bridgehead atoms. The third-order valence-electron chi connectivity index (χ3n) is 2.50. The summed E-state index contributed by atoms with van der Waals surface area (Å²) in [6.45, 7) is 6.30. The number of aromatic amines is 1. The van der Waals surface area contributed by atoms with Gasteiger partial charge in [-0.3, -0.25) is 5.10 Å². The summed E-state index contributed by atoms with van der Waals surface area (Å²) in [5.74, 6) is 0.492. The van der Waals surface area contributed by atoms with Crippen molar-refractivity contribution in [2.45, 2.75) is 26.7 Å². The number of hydrogen-bond acceptors (Lipinski definition) is 1. The van der Waals surface area contributed by atoms with Crippen molar-refractivity contribution in [2.75, 3.05) is 0 Å². The Morgan fingerprint density at radius 3 is 2.71 bits per heavy atom. The predicted molar refractivity (Wildman–Crippen MR) is 59.9 cm³/mol. The molecule has 0 aliphatic carbocycles. The van der Waals surface area contributed by atoms with Crippen molar-refractivity contribution in [3.05, 3.63) is 28.4 Å². The van der Waals surface area contributed by atoms with Gasteiger partial charge in [0.25, 0.3) is 0 Å². The van der Waals surface area contributed by atoms with Gasteiger partial charge < -0.3 is 0 Å². The Labute approximate surface area is 88.3 Å². The summed E-state index contributed by atoms with van der Waals surface area (Å²) in [7, 11) is 0. The first-order valence-electron chi connectivity index (χ1n) is 4.73. The SMILES string of the molecule is Cc1n[nH]c2c(Cl)cc(C(C)C)cc12. The minimum absolute atomic E-state index is 0.492. The average Bonchev–Trinajstić information content (AvgIpc) is 2.48. The number of nitrogens with one attached hydrogen (secondary N) is 1. The lowest BCUT2D eigenvalue weighted by Crippen LogP contribution is -1.87. The summed E-state index contributed by atoms with van der Waals surface area (Å²) < 4.78 is 0. The highest BCUT2D eigenvalue weighted by Crippen LogP contribution is 2.28. The topological polar surface area (TPSA) is 28.7 Å². The van der Waals surface area contributed by atoms with Crippen LogP contribution in [0.1, 0.15) is 31.0 Å². The zero-order valence-corrected chi connectivity index (χ0v) is 9.31. The first kappa shape index (κ1) is 9.53. The van der Waals surface area contributed by atoms with Crippen molar-refractivity contribution < 1.29 is 0 Å². The highest BCUT2D eigenvalue weighted by atomic mass is 35.5. The number of aryl methyl sites for hydroxylation is 1. The van der Waals surface area contributed by atoms with Crippen LogP contribution in [0.4, 0.5) is 0 Å². The highest BCUT2D eigenvalue weighted by Gasteiger charge is 2.09. The second-order valence-corrected chi connectivity index (χ2v) is 4.30. The van der Waals surface area contributed by atoms with Crippen LogP contribution in [0.15, 0.2) is 12.1 Å². The largest absolute Gasteiger partial charge is 0.276 e. The standard InChI is InChI=1S/C11H13ClN2/c1-6(2)8-4-9-7(3)13-14-11(9)10(12)5-8/h4-6H,1-3H3,(H,13,14). The van der Waals surface area contributed by atoms with Crippen molar-refractivity contribution in [2.24, 2.45) is 0 Å². The zero-order valence-electron chi connectivity index (χ0n) is 8.56. The minimum atomic E-state index is 0.492. The number of H-pyrrole nitrogens is 1. The van der Waals surface area contributed by atoms with Crippen LogP contribution < -0.4 is 0 Å². The number of rotatable bonds is 1. The molecule has 1 heterocycles. The third kappa shape index (κ3) is 1.40. The molecule has 0 aliphatic heterocycles. The molecule has 2 nitrogen and oxygen atoms in total. The quantitative estimate of drug-likeness (QED) is 0.762. The summed E-state index contributed by atoms with van der Waals surface area (Å²) in [4.78, 5) is 0. The molecule has 1 N–H and O–H groups in total. The fraction of sp³-hybridized carbons (Fsp3) is 0.364. The van der Waals surface area contributed by atoms with Crippen LogP contribution in [0, 0.1) is 6.92 Å². The van der Waals surface area contributed by atoms with Crippen molar-refractivity contribution in [1.29, 1.82) is 0 Å². The second-order valence-electron chi connectivity index (χ2n) is 3.89. The lowest BCUT2D eigenvalue weighted by atomic mass is 10.0. The number of fused-ring (bicyclic) bond motifs is 1. The van der Waals surface area contributed by atoms with Gasteiger partial charge >= 0.3 is 0 Å². The Bertz CT molecular complexity index is 471. The Kier molecular flexibility index (Phi) is 2.23. The van der Waals surface area contributed by atoms with Crippen LogP contribution in [0.3, 0.4) is 0 Å². The maximum absolute atomic E-state index is 6.15. The van der Waals surface area contributed by atoms with E-state index < -0.39 is 0 Å². The van der Waals surface area contributed by atoms with Gasteiger partial charge in [0.2, 0.25) is 0 Å². The number of aromatic nitrogens is 2. The molecule has 0 saturated heterocycles. The summed E-state index contributed by atoms with van der Waals surface area (Å²) in [5.41, 5.74) is 3.20. The number of hydrogen-bond donors (Lipinski definition) is 1. The minimum Gasteiger partial charge on any atom is -0.276 e. The Balaban J connectivity index is 2.75. The lowest BCUT2D eigenvalue weighted by molar-refractivity contribution is 0.869. The molecule has 14 heavy (non-hydrogen) atoms. The molecule has 0 spiro atoms. The first-order valence-corrected chi connectivity index (χ1v) is 5.11. The van der Waals surface area contributed by atoms with E-state index in [1.54, 1.807) is 0 Å². The first-order chi connectivity index (χ1) is 6.59. The highest BCUT2D eigenvalue weighted by molar-refractivity contribution is 6.35. The van der Waals surface area contributed by atoms with Gasteiger partial charge in [-0.05, 0) is 30.5 Å². The van der Waals surface area contributed by atoms with Crippen molar-refractivity contribution in [3.8, 4) is 0 Å². The molecule has 1 aromatic heterocycles. The van der Waals surface area contributed by atoms with Crippen molar-refractivity contribution in [3.63, 3.8) is 0 Å². The molecule has 0 amide bonds. The maximum atomic E-state index is 6.15. The van der Waals surface area contributed by atoms with Crippen LogP contribution in [0.25, 0.3) is 10.9 Å². The van der Waals surface area contributed by atoms with E-state index in [0.29, 0.717) is 5.92 Å². The van der Waals surface area contributed by atoms with E-state index in [0.717, 1.165) is 21.6 Å². The number of benzene rings is 1. The van der Waals surface area contributed by atoms with Crippen LogP contribution >= 0.6 is 11.6 Å². The van der Waals surface area contributed by atoms with Crippen LogP contribution in [0.5, 0.6) is 0 Å². The lowest BCUT2D eigenvalue weighted by Gasteiger charge is -2.06. The smallest absolute Gasteiger partial charge is 0.0839 e. The number of nitrogens with zero attached hydrogens (tertiary/aromatic N) is 1. The number of halogens is 1. The van der Waals surface area contributed by atoms with Crippen molar-refractivity contribution >= 4 is 22.5 Å². The van der Waals surface area contributed by atoms with E-state index in [4.69, 9.17) is 11.6 Å². The van der Waals surface area contributed by atoms with Crippen molar-refractivity contribution in [1.82, 2.24) is 10.2 Å². The molecule has 74 valence electrons. The van der Waals surface area contributed by atoms with E-state index in [1.807, 2.05) is 13.0 Å². The Morgan fingerprint density at radius 1 is 1.36 bits per heavy atom. The maximum Gasteiger partial charge on any atom is 0.0839 e. The Hall–Kier alpha value is -1.02. The van der Waals surface area contributed by atoms with Gasteiger partial charge in [-0.2, -0.15) is 5.10 Å². The molecule has 1 aromatic carbocycles. The molecule has 0 aliphatic rings. The third-order valence-corrected chi connectivity index (χ3v) is 2.80. The molecule has 2 rings (SSSR count).